The topological polar surface area (TPSA) is 12.0 Å². The van der Waals surface area contributed by atoms with Crippen molar-refractivity contribution in [3.05, 3.63) is 56.7 Å². The molecule has 0 aliphatic rings. The van der Waals surface area contributed by atoms with E-state index in [1.165, 1.54) is 15.3 Å². The molecule has 0 aliphatic carbocycles. The van der Waals surface area contributed by atoms with E-state index in [0.29, 0.717) is 6.04 Å². The Kier molecular flexibility index (Phi) is 5.44. The molecule has 0 aliphatic heterocycles. The van der Waals surface area contributed by atoms with Gasteiger partial charge in [0.2, 0.25) is 0 Å². The molecule has 1 aromatic carbocycles. The minimum absolute atomic E-state index is 0.434. The Labute approximate surface area is 124 Å². The van der Waals surface area contributed by atoms with Gasteiger partial charge in [-0.2, -0.15) is 0 Å². The highest BCUT2D eigenvalue weighted by Crippen LogP contribution is 2.21. The molecule has 2 rings (SSSR count). The molecule has 0 spiro atoms. The second-order valence-electron chi connectivity index (χ2n) is 4.71. The van der Waals surface area contributed by atoms with Gasteiger partial charge in [0.1, 0.15) is 0 Å². The maximum absolute atomic E-state index is 6.23. The number of thiophene rings is 1. The fourth-order valence-corrected chi connectivity index (χ4v) is 3.42. The summed E-state index contributed by atoms with van der Waals surface area (Å²) in [5.74, 6) is 0. The average Bonchev–Trinajstić information content (AvgIpc) is 2.88. The number of hydrogen-bond donors (Lipinski definition) is 1. The van der Waals surface area contributed by atoms with E-state index >= 15 is 0 Å². The second-order valence-corrected chi connectivity index (χ2v) is 6.37. The zero-order chi connectivity index (χ0) is 13.7. The second kappa shape index (κ2) is 7.09. The fraction of sp³-hybridized carbons (Fsp3) is 0.375. The fourth-order valence-electron chi connectivity index (χ4n) is 2.17. The molecule has 1 atom stereocenters. The smallest absolute Gasteiger partial charge is 0.0438 e. The number of benzene rings is 1. The quantitative estimate of drug-likeness (QED) is 0.835. The molecule has 1 heterocycles. The van der Waals surface area contributed by atoms with Gasteiger partial charge in [-0.05, 0) is 50.1 Å². The molecule has 2 aromatic rings. The lowest BCUT2D eigenvalue weighted by Gasteiger charge is -2.16. The minimum Gasteiger partial charge on any atom is -0.316 e. The summed E-state index contributed by atoms with van der Waals surface area (Å²) < 4.78 is 0. The third-order valence-corrected chi connectivity index (χ3v) is 4.97. The molecule has 1 aromatic heterocycles. The predicted molar refractivity (Wildman–Crippen MR) is 85.4 cm³/mol. The van der Waals surface area contributed by atoms with Crippen molar-refractivity contribution in [2.45, 2.75) is 32.2 Å². The van der Waals surface area contributed by atoms with E-state index in [4.69, 9.17) is 11.6 Å². The van der Waals surface area contributed by atoms with Gasteiger partial charge in [-0.1, -0.05) is 36.7 Å². The number of halogens is 1. The summed E-state index contributed by atoms with van der Waals surface area (Å²) in [5.41, 5.74) is 1.22. The van der Waals surface area contributed by atoms with E-state index in [1.807, 2.05) is 36.6 Å². The lowest BCUT2D eigenvalue weighted by Crippen LogP contribution is -2.29. The van der Waals surface area contributed by atoms with Gasteiger partial charge >= 0.3 is 0 Å². The number of likely N-dealkylation sites (N-methyl/N-ethyl adjacent to an activating group) is 1. The van der Waals surface area contributed by atoms with Crippen LogP contribution in [0.25, 0.3) is 0 Å². The van der Waals surface area contributed by atoms with Crippen LogP contribution in [-0.2, 0) is 19.3 Å². The van der Waals surface area contributed by atoms with Crippen LogP contribution in [0.3, 0.4) is 0 Å². The van der Waals surface area contributed by atoms with Crippen LogP contribution in [-0.4, -0.2) is 13.1 Å². The Bertz CT molecular complexity index is 521. The van der Waals surface area contributed by atoms with Crippen LogP contribution in [0.5, 0.6) is 0 Å². The van der Waals surface area contributed by atoms with Crippen LogP contribution in [0.2, 0.25) is 5.02 Å². The minimum atomic E-state index is 0.434. The largest absolute Gasteiger partial charge is 0.316 e. The van der Waals surface area contributed by atoms with E-state index in [0.717, 1.165) is 24.3 Å². The van der Waals surface area contributed by atoms with E-state index in [1.54, 1.807) is 0 Å². The van der Waals surface area contributed by atoms with E-state index < -0.39 is 0 Å². The van der Waals surface area contributed by atoms with Crippen molar-refractivity contribution in [2.75, 3.05) is 7.05 Å². The zero-order valence-electron chi connectivity index (χ0n) is 11.4. The summed E-state index contributed by atoms with van der Waals surface area (Å²) in [6.07, 6.45) is 3.15. The van der Waals surface area contributed by atoms with Crippen LogP contribution < -0.4 is 5.32 Å². The van der Waals surface area contributed by atoms with Crippen LogP contribution >= 0.6 is 22.9 Å². The Morgan fingerprint density at radius 2 is 1.84 bits per heavy atom. The monoisotopic (exact) mass is 293 g/mol. The number of hydrogen-bond acceptors (Lipinski definition) is 2. The first kappa shape index (κ1) is 14.6. The summed E-state index contributed by atoms with van der Waals surface area (Å²) in [5, 5.41) is 4.27. The lowest BCUT2D eigenvalue weighted by molar-refractivity contribution is 0.560. The molecule has 102 valence electrons. The first-order valence-electron chi connectivity index (χ1n) is 6.71. The molecular formula is C16H20ClNS. The van der Waals surface area contributed by atoms with E-state index in [2.05, 4.69) is 30.4 Å². The summed E-state index contributed by atoms with van der Waals surface area (Å²) in [6, 6.07) is 13.0. The molecule has 19 heavy (non-hydrogen) atoms. The van der Waals surface area contributed by atoms with Crippen LogP contribution in [0.4, 0.5) is 0 Å². The standard InChI is InChI=1S/C16H20ClNS/c1-3-14-8-9-15(19-14)11-13(18-2)10-12-6-4-5-7-16(12)17/h4-9,13,18H,3,10-11H2,1-2H3. The van der Waals surface area contributed by atoms with E-state index in [-0.39, 0.29) is 0 Å². The molecule has 0 saturated heterocycles. The normalized spacial score (nSPS) is 12.6. The Morgan fingerprint density at radius 1 is 1.11 bits per heavy atom. The molecule has 3 heteroatoms. The van der Waals surface area contributed by atoms with Crippen molar-refractivity contribution >= 4 is 22.9 Å². The van der Waals surface area contributed by atoms with Gasteiger partial charge in [-0.3, -0.25) is 0 Å². The summed E-state index contributed by atoms with van der Waals surface area (Å²) in [6.45, 7) is 2.20. The van der Waals surface area contributed by atoms with Crippen molar-refractivity contribution in [3.63, 3.8) is 0 Å². The third kappa shape index (κ3) is 4.07. The number of rotatable bonds is 6. The maximum Gasteiger partial charge on any atom is 0.0438 e. The first-order valence-corrected chi connectivity index (χ1v) is 7.90. The van der Waals surface area contributed by atoms with E-state index in [9.17, 15) is 0 Å². The molecular weight excluding hydrogens is 274 g/mol. The predicted octanol–water partition coefficient (Wildman–Crippen LogP) is 4.34. The lowest BCUT2D eigenvalue weighted by atomic mass is 10.0. The van der Waals surface area contributed by atoms with Crippen LogP contribution in [0.1, 0.15) is 22.2 Å². The molecule has 0 saturated carbocycles. The number of aryl methyl sites for hydroxylation is 1. The summed E-state index contributed by atoms with van der Waals surface area (Å²) in [4.78, 5) is 2.91. The third-order valence-electron chi connectivity index (χ3n) is 3.35. The highest BCUT2D eigenvalue weighted by Gasteiger charge is 2.11. The van der Waals surface area contributed by atoms with Crippen molar-refractivity contribution in [3.8, 4) is 0 Å². The Balaban J connectivity index is 2.02. The van der Waals surface area contributed by atoms with Crippen molar-refractivity contribution in [2.24, 2.45) is 0 Å². The average molecular weight is 294 g/mol. The van der Waals surface area contributed by atoms with Gasteiger partial charge in [-0.25, -0.2) is 0 Å². The Morgan fingerprint density at radius 3 is 2.47 bits per heavy atom. The highest BCUT2D eigenvalue weighted by atomic mass is 35.5. The molecule has 1 N–H and O–H groups in total. The van der Waals surface area contributed by atoms with Crippen LogP contribution in [0, 0.1) is 0 Å². The Hall–Kier alpha value is -0.830. The van der Waals surface area contributed by atoms with Crippen molar-refractivity contribution in [1.82, 2.24) is 5.32 Å². The van der Waals surface area contributed by atoms with Gasteiger partial charge in [0.25, 0.3) is 0 Å². The number of nitrogens with one attached hydrogen (secondary N) is 1. The van der Waals surface area contributed by atoms with Gasteiger partial charge < -0.3 is 5.32 Å². The highest BCUT2D eigenvalue weighted by molar-refractivity contribution is 7.11. The van der Waals surface area contributed by atoms with Gasteiger partial charge in [0.15, 0.2) is 0 Å². The molecule has 1 nitrogen and oxygen atoms in total. The van der Waals surface area contributed by atoms with Crippen molar-refractivity contribution in [1.29, 1.82) is 0 Å². The van der Waals surface area contributed by atoms with Gasteiger partial charge in [0.05, 0.1) is 0 Å². The molecule has 0 fully saturated rings. The van der Waals surface area contributed by atoms with Crippen LogP contribution in [0.15, 0.2) is 36.4 Å². The molecule has 1 unspecified atom stereocenters. The summed E-state index contributed by atoms with van der Waals surface area (Å²) >= 11 is 8.15. The first-order chi connectivity index (χ1) is 9.22. The maximum atomic E-state index is 6.23. The molecule has 0 radical (unpaired) electrons. The molecule has 0 bridgehead atoms. The van der Waals surface area contributed by atoms with Gasteiger partial charge in [0, 0.05) is 20.8 Å². The molecule has 0 amide bonds. The zero-order valence-corrected chi connectivity index (χ0v) is 13.0. The SMILES string of the molecule is CCc1ccc(CC(Cc2ccccc2Cl)NC)s1. The summed E-state index contributed by atoms with van der Waals surface area (Å²) in [7, 11) is 2.02. The van der Waals surface area contributed by atoms with Gasteiger partial charge in [-0.15, -0.1) is 11.3 Å². The van der Waals surface area contributed by atoms with Crippen molar-refractivity contribution < 1.29 is 0 Å².